The summed E-state index contributed by atoms with van der Waals surface area (Å²) in [5.74, 6) is -2.41. The molecule has 19 nitrogen and oxygen atoms in total. The maximum Gasteiger partial charge on any atom is 0.490 e. The Balaban J connectivity index is 1.45. The van der Waals surface area contributed by atoms with Gasteiger partial charge in [-0.1, -0.05) is 18.2 Å². The number of nitrogens with one attached hydrogen (secondary N) is 1. The number of carbonyl (C=O) groups excluding carboxylic acids is 1. The molecule has 1 aromatic carbocycles. The fraction of sp³-hybridized carbons (Fsp3) is 0.417. The minimum absolute atomic E-state index is 0.0569. The number of fused-ring (bicyclic) bond motifs is 1. The number of aryl methyl sites for hydroxylation is 1. The first-order chi connectivity index (χ1) is 21.8. The summed E-state index contributed by atoms with van der Waals surface area (Å²) in [5.41, 5.74) is 3.61. The van der Waals surface area contributed by atoms with E-state index in [4.69, 9.17) is 19.7 Å². The minimum atomic E-state index is -5.83. The number of rotatable bonds is 15. The second-order valence-electron chi connectivity index (χ2n) is 10.3. The Hall–Kier alpha value is -3.44. The van der Waals surface area contributed by atoms with E-state index >= 15 is 4.39 Å². The molecule has 1 aliphatic rings. The van der Waals surface area contributed by atoms with Crippen LogP contribution in [-0.4, -0.2) is 71.4 Å². The van der Waals surface area contributed by atoms with Crippen LogP contribution >= 0.6 is 23.4 Å². The fourth-order valence-corrected chi connectivity index (χ4v) is 8.38. The number of ether oxygens (including phenoxy) is 2. The highest BCUT2D eigenvalue weighted by molar-refractivity contribution is 7.68. The minimum Gasteiger partial charge on any atom is -0.506 e. The molecule has 23 heteroatoms. The quantitative estimate of drug-likeness (QED) is 0.111. The van der Waals surface area contributed by atoms with Crippen LogP contribution in [-0.2, 0) is 47.7 Å². The second kappa shape index (κ2) is 14.0. The zero-order valence-corrected chi connectivity index (χ0v) is 27.9. The molecule has 4 rings (SSSR count). The van der Waals surface area contributed by atoms with E-state index in [9.17, 15) is 33.4 Å². The topological polar surface area (TPSA) is 266 Å². The Morgan fingerprint density at radius 3 is 2.49 bits per heavy atom. The number of aliphatic hydroxyl groups excluding tert-OH is 1. The number of esters is 1. The third-order valence-electron chi connectivity index (χ3n) is 5.99. The van der Waals surface area contributed by atoms with E-state index in [2.05, 4.69) is 33.2 Å². The van der Waals surface area contributed by atoms with Crippen molar-refractivity contribution in [2.75, 3.05) is 18.9 Å². The Morgan fingerprint density at radius 2 is 1.83 bits per heavy atom. The molecule has 1 aliphatic heterocycles. The number of halogens is 1. The van der Waals surface area contributed by atoms with E-state index in [1.807, 2.05) is 0 Å². The third-order valence-corrected chi connectivity index (χ3v) is 10.9. The number of aromatic nitrogens is 4. The monoisotopic (exact) mass is 724 g/mol. The number of para-hydroxylation sites is 1. The number of carbonyl (C=O) groups is 1. The van der Waals surface area contributed by atoms with Crippen LogP contribution in [0.3, 0.4) is 0 Å². The molecule has 0 saturated carbocycles. The lowest BCUT2D eigenvalue weighted by molar-refractivity contribution is -0.149. The molecule has 6 N–H and O–H groups in total. The molecule has 0 fully saturated rings. The molecule has 258 valence electrons. The highest BCUT2D eigenvalue weighted by Gasteiger charge is 2.48. The molecule has 0 spiro atoms. The normalized spacial score (nSPS) is 21.1. The molecule has 0 radical (unpaired) electrons. The number of phosphoric ester groups is 1. The van der Waals surface area contributed by atoms with Crippen molar-refractivity contribution < 1.29 is 64.9 Å². The van der Waals surface area contributed by atoms with Gasteiger partial charge in [0.25, 0.3) is 0 Å². The van der Waals surface area contributed by atoms with Crippen molar-refractivity contribution in [3.63, 3.8) is 0 Å². The van der Waals surface area contributed by atoms with Gasteiger partial charge in [-0.3, -0.25) is 9.32 Å². The van der Waals surface area contributed by atoms with Crippen LogP contribution < -0.4 is 15.3 Å². The fourth-order valence-electron chi connectivity index (χ4n) is 4.04. The lowest BCUT2D eigenvalue weighted by Crippen LogP contribution is -2.36. The SMILES string of the molecule is Cc1nc(N)c2ncn(CC3(F)COC(COP(=O)(O)OP(=O)(O)OP(=O)(N[C@@H](C)C(=O)OC(C)C)Oc4ccccc4)=C3O)c2n1. The molecule has 0 amide bonds. The van der Waals surface area contributed by atoms with Crippen molar-refractivity contribution in [2.24, 2.45) is 0 Å². The number of aliphatic hydroxyl groups is 1. The van der Waals surface area contributed by atoms with Gasteiger partial charge in [0.1, 0.15) is 36.3 Å². The first kappa shape index (κ1) is 36.4. The molecule has 0 aliphatic carbocycles. The zero-order chi connectivity index (χ0) is 34.8. The summed E-state index contributed by atoms with van der Waals surface area (Å²) in [7, 11) is -16.5. The smallest absolute Gasteiger partial charge is 0.490 e. The van der Waals surface area contributed by atoms with Gasteiger partial charge in [0, 0.05) is 0 Å². The number of phosphoric acid groups is 2. The number of nitrogen functional groups attached to an aromatic ring is 1. The van der Waals surface area contributed by atoms with Gasteiger partial charge in [-0.25, -0.2) is 33.0 Å². The van der Waals surface area contributed by atoms with Crippen molar-refractivity contribution in [1.82, 2.24) is 24.6 Å². The van der Waals surface area contributed by atoms with Crippen LogP contribution in [0.1, 0.15) is 26.6 Å². The summed E-state index contributed by atoms with van der Waals surface area (Å²) in [6.07, 6.45) is 0.646. The molecule has 0 saturated heterocycles. The Kier molecular flexibility index (Phi) is 10.8. The van der Waals surface area contributed by atoms with E-state index in [0.29, 0.717) is 0 Å². The van der Waals surface area contributed by atoms with Gasteiger partial charge in [0.05, 0.1) is 19.0 Å². The van der Waals surface area contributed by atoms with E-state index < -0.39 is 78.5 Å². The van der Waals surface area contributed by atoms with Crippen LogP contribution in [0.5, 0.6) is 5.75 Å². The van der Waals surface area contributed by atoms with Gasteiger partial charge in [0.2, 0.25) is 5.67 Å². The summed E-state index contributed by atoms with van der Waals surface area (Å²) in [6, 6.07) is 5.66. The van der Waals surface area contributed by atoms with Gasteiger partial charge in [0.15, 0.2) is 23.0 Å². The Bertz CT molecular complexity index is 1810. The molecule has 4 unspecified atom stereocenters. The van der Waals surface area contributed by atoms with Gasteiger partial charge >= 0.3 is 29.4 Å². The maximum atomic E-state index is 15.8. The number of imidazole rings is 1. The number of nitrogens with zero attached hydrogens (tertiary/aromatic N) is 4. The molecule has 0 bridgehead atoms. The summed E-state index contributed by atoms with van der Waals surface area (Å²) in [6.45, 7) is 3.37. The Labute approximate surface area is 266 Å². The van der Waals surface area contributed by atoms with Crippen molar-refractivity contribution >= 4 is 46.3 Å². The standard InChI is InChI=1S/C24H32FN6O13P3/c1-14(2)41-23(33)15(3)30-45(34,42-17-8-6-5-7-9-17)43-47(37,38)44-46(35,36)40-10-18-20(32)24(25,12-39-18)11-31-13-27-19-21(26)28-16(4)29-22(19)31/h5-9,13-15,32H,10-12H2,1-4H3,(H,30,34)(H,35,36)(H,37,38)(H2,26,28,29)/t15-,24?,45?/m0/s1. The van der Waals surface area contributed by atoms with Crippen LogP contribution in [0.4, 0.5) is 10.2 Å². The summed E-state index contributed by atoms with van der Waals surface area (Å²) in [5, 5.41) is 12.7. The molecule has 3 heterocycles. The van der Waals surface area contributed by atoms with Crippen molar-refractivity contribution in [3.05, 3.63) is 54.0 Å². The highest BCUT2D eigenvalue weighted by atomic mass is 31.3. The second-order valence-corrected chi connectivity index (χ2v) is 15.2. The van der Waals surface area contributed by atoms with E-state index in [1.54, 1.807) is 26.8 Å². The molecule has 5 atom stereocenters. The lowest BCUT2D eigenvalue weighted by Gasteiger charge is -2.25. The van der Waals surface area contributed by atoms with Gasteiger partial charge in [-0.2, -0.15) is 13.7 Å². The average molecular weight is 724 g/mol. The van der Waals surface area contributed by atoms with Crippen LogP contribution in [0.25, 0.3) is 11.2 Å². The molecule has 47 heavy (non-hydrogen) atoms. The number of hydrogen-bond donors (Lipinski definition) is 5. The Morgan fingerprint density at radius 1 is 1.15 bits per heavy atom. The largest absolute Gasteiger partial charge is 0.506 e. The van der Waals surface area contributed by atoms with Crippen molar-refractivity contribution in [1.29, 1.82) is 0 Å². The van der Waals surface area contributed by atoms with Crippen molar-refractivity contribution in [2.45, 2.75) is 52.1 Å². The predicted octanol–water partition coefficient (Wildman–Crippen LogP) is 3.59. The van der Waals surface area contributed by atoms with E-state index in [1.165, 1.54) is 42.1 Å². The third kappa shape index (κ3) is 9.34. The zero-order valence-electron chi connectivity index (χ0n) is 25.3. The molecular weight excluding hydrogens is 692 g/mol. The van der Waals surface area contributed by atoms with Gasteiger partial charge in [-0.15, -0.1) is 0 Å². The van der Waals surface area contributed by atoms with Gasteiger partial charge < -0.3 is 39.2 Å². The average Bonchev–Trinajstić information content (AvgIpc) is 3.46. The van der Waals surface area contributed by atoms with Crippen LogP contribution in [0, 0.1) is 6.92 Å². The van der Waals surface area contributed by atoms with E-state index in [-0.39, 0.29) is 28.6 Å². The number of nitrogens with two attached hydrogens (primary N) is 1. The van der Waals surface area contributed by atoms with Gasteiger partial charge in [-0.05, 0) is 39.8 Å². The molecule has 3 aromatic rings. The summed E-state index contributed by atoms with van der Waals surface area (Å²) < 4.78 is 84.7. The lowest BCUT2D eigenvalue weighted by atomic mass is 10.1. The molecule has 2 aromatic heterocycles. The molecular formula is C24H32FN6O13P3. The number of alkyl halides is 1. The maximum absolute atomic E-state index is 15.8. The van der Waals surface area contributed by atoms with E-state index in [0.717, 1.165) is 0 Å². The number of anilines is 1. The summed E-state index contributed by atoms with van der Waals surface area (Å²) in [4.78, 5) is 44.9. The summed E-state index contributed by atoms with van der Waals surface area (Å²) >= 11 is 0. The predicted molar refractivity (Wildman–Crippen MR) is 160 cm³/mol. The van der Waals surface area contributed by atoms with Crippen LogP contribution in [0.15, 0.2) is 48.2 Å². The number of hydrogen-bond acceptors (Lipinski definition) is 15. The first-order valence-corrected chi connectivity index (χ1v) is 18.1. The van der Waals surface area contributed by atoms with Crippen molar-refractivity contribution in [3.8, 4) is 5.75 Å². The highest BCUT2D eigenvalue weighted by Crippen LogP contribution is 2.67. The number of benzene rings is 1. The first-order valence-electron chi connectivity index (χ1n) is 13.6. The van der Waals surface area contributed by atoms with Crippen LogP contribution in [0.2, 0.25) is 0 Å².